The lowest BCUT2D eigenvalue weighted by atomic mass is 10.2. The molecule has 0 spiro atoms. The van der Waals surface area contributed by atoms with Crippen LogP contribution in [0.2, 0.25) is 0 Å². The molecule has 0 aliphatic rings. The van der Waals surface area contributed by atoms with E-state index in [0.717, 1.165) is 17.1 Å². The summed E-state index contributed by atoms with van der Waals surface area (Å²) in [6, 6.07) is 9.84. The molecule has 1 heterocycles. The minimum atomic E-state index is -0.619. The molecule has 0 unspecified atom stereocenters. The highest BCUT2D eigenvalue weighted by atomic mass is 32.1. The molecule has 0 saturated carbocycles. The van der Waals surface area contributed by atoms with Gasteiger partial charge < -0.3 is 29.0 Å². The number of benzene rings is 2. The molecule has 0 saturated heterocycles. The van der Waals surface area contributed by atoms with Gasteiger partial charge in [0.15, 0.2) is 5.56 Å². The van der Waals surface area contributed by atoms with Gasteiger partial charge in [0.2, 0.25) is 5.88 Å². The van der Waals surface area contributed by atoms with E-state index < -0.39 is 11.8 Å². The Hall–Kier alpha value is -3.53. The van der Waals surface area contributed by atoms with Gasteiger partial charge in [0, 0.05) is 23.7 Å². The van der Waals surface area contributed by atoms with Crippen molar-refractivity contribution >= 4 is 22.5 Å². The van der Waals surface area contributed by atoms with E-state index in [0.29, 0.717) is 35.4 Å². The molecule has 176 valence electrons. The topological polar surface area (TPSA) is 88.1 Å². The van der Waals surface area contributed by atoms with Crippen molar-refractivity contribution in [3.8, 4) is 23.1 Å². The summed E-state index contributed by atoms with van der Waals surface area (Å²) in [5.41, 5.74) is 1.26. The summed E-state index contributed by atoms with van der Waals surface area (Å²) < 4.78 is 45.0. The summed E-state index contributed by atoms with van der Waals surface area (Å²) in [6.45, 7) is 2.52. The molecule has 2 aromatic carbocycles. The molecule has 8 nitrogen and oxygen atoms in total. The van der Waals surface area contributed by atoms with Gasteiger partial charge in [-0.25, -0.2) is 9.18 Å². The molecule has 0 aliphatic carbocycles. The van der Waals surface area contributed by atoms with Crippen LogP contribution in [0.1, 0.15) is 28.4 Å². The van der Waals surface area contributed by atoms with Crippen molar-refractivity contribution in [3.05, 3.63) is 58.9 Å². The van der Waals surface area contributed by atoms with Crippen LogP contribution in [-0.2, 0) is 17.9 Å². The summed E-state index contributed by atoms with van der Waals surface area (Å²) in [5, 5.41) is 3.63. The van der Waals surface area contributed by atoms with E-state index in [-0.39, 0.29) is 23.6 Å². The van der Waals surface area contributed by atoms with Crippen molar-refractivity contribution in [2.45, 2.75) is 20.1 Å². The Morgan fingerprint density at radius 3 is 2.52 bits per heavy atom. The van der Waals surface area contributed by atoms with Gasteiger partial charge in [0.05, 0.1) is 27.9 Å². The van der Waals surface area contributed by atoms with Crippen LogP contribution in [0.5, 0.6) is 23.1 Å². The van der Waals surface area contributed by atoms with Gasteiger partial charge in [-0.3, -0.25) is 0 Å². The van der Waals surface area contributed by atoms with E-state index >= 15 is 0 Å². The largest absolute Gasteiger partial charge is 0.497 e. The number of rotatable bonds is 11. The molecule has 1 N–H and O–H groups in total. The number of aromatic nitrogens is 1. The number of methoxy groups -OCH3 is 3. The standard InChI is InChI=1S/C23H25FN2O6S/c1-5-31-17-8-9-18(24)15(10-17)13-32-21-20(23(27)30-4)22(33-26-21)25-12-14-6-7-16(28-2)11-19(14)29-3/h6-11,25H,5,12-13H2,1-4H3. The number of carbonyl (C=O) groups is 1. The van der Waals surface area contributed by atoms with Crippen LogP contribution in [0, 0.1) is 5.82 Å². The average molecular weight is 477 g/mol. The first-order valence-electron chi connectivity index (χ1n) is 10.1. The minimum Gasteiger partial charge on any atom is -0.497 e. The normalized spacial score (nSPS) is 10.5. The third-order valence-electron chi connectivity index (χ3n) is 4.68. The number of hydrogen-bond donors (Lipinski definition) is 1. The predicted octanol–water partition coefficient (Wildman–Crippen LogP) is 4.68. The van der Waals surface area contributed by atoms with Gasteiger partial charge in [0.1, 0.15) is 34.7 Å². The number of anilines is 1. The van der Waals surface area contributed by atoms with Gasteiger partial charge in [-0.1, -0.05) is 0 Å². The van der Waals surface area contributed by atoms with Crippen LogP contribution < -0.4 is 24.3 Å². The van der Waals surface area contributed by atoms with Crippen molar-refractivity contribution in [1.82, 2.24) is 4.37 Å². The number of ether oxygens (including phenoxy) is 5. The van der Waals surface area contributed by atoms with Gasteiger partial charge >= 0.3 is 5.97 Å². The Labute approximate surface area is 195 Å². The zero-order valence-electron chi connectivity index (χ0n) is 18.8. The molecule has 0 fully saturated rings. The minimum absolute atomic E-state index is 0.0530. The Morgan fingerprint density at radius 1 is 1.03 bits per heavy atom. The van der Waals surface area contributed by atoms with Gasteiger partial charge in [-0.05, 0) is 48.8 Å². The third-order valence-corrected chi connectivity index (χ3v) is 5.46. The van der Waals surface area contributed by atoms with Crippen molar-refractivity contribution in [1.29, 1.82) is 0 Å². The zero-order valence-corrected chi connectivity index (χ0v) is 19.6. The monoisotopic (exact) mass is 476 g/mol. The van der Waals surface area contributed by atoms with Crippen LogP contribution in [0.15, 0.2) is 36.4 Å². The van der Waals surface area contributed by atoms with Gasteiger partial charge in [-0.15, -0.1) is 0 Å². The molecular weight excluding hydrogens is 451 g/mol. The summed E-state index contributed by atoms with van der Waals surface area (Å²) in [5.74, 6) is 0.814. The van der Waals surface area contributed by atoms with Crippen molar-refractivity contribution in [2.75, 3.05) is 33.3 Å². The smallest absolute Gasteiger partial charge is 0.346 e. The van der Waals surface area contributed by atoms with Crippen molar-refractivity contribution in [3.63, 3.8) is 0 Å². The van der Waals surface area contributed by atoms with Crippen LogP contribution >= 0.6 is 11.5 Å². The van der Waals surface area contributed by atoms with E-state index in [1.807, 2.05) is 19.1 Å². The Bertz CT molecular complexity index is 1100. The second kappa shape index (κ2) is 11.4. The number of esters is 1. The third kappa shape index (κ3) is 5.83. The Kier molecular flexibility index (Phi) is 8.31. The summed E-state index contributed by atoms with van der Waals surface area (Å²) in [4.78, 5) is 12.4. The molecular formula is C23H25FN2O6S. The Balaban J connectivity index is 1.78. The fourth-order valence-electron chi connectivity index (χ4n) is 3.01. The summed E-state index contributed by atoms with van der Waals surface area (Å²) in [7, 11) is 4.41. The number of carbonyl (C=O) groups excluding carboxylic acids is 1. The molecule has 3 aromatic rings. The number of nitrogens with one attached hydrogen (secondary N) is 1. The molecule has 3 rings (SSSR count). The number of hydrogen-bond acceptors (Lipinski definition) is 9. The first-order valence-corrected chi connectivity index (χ1v) is 10.8. The SMILES string of the molecule is CCOc1ccc(F)c(COc2nsc(NCc3ccc(OC)cc3OC)c2C(=O)OC)c1. The summed E-state index contributed by atoms with van der Waals surface area (Å²) >= 11 is 1.04. The molecule has 0 radical (unpaired) electrons. The maximum atomic E-state index is 14.2. The van der Waals surface area contributed by atoms with E-state index in [1.54, 1.807) is 32.4 Å². The first kappa shape index (κ1) is 24.1. The predicted molar refractivity (Wildman–Crippen MR) is 122 cm³/mol. The van der Waals surface area contributed by atoms with Crippen molar-refractivity contribution < 1.29 is 32.9 Å². The first-order chi connectivity index (χ1) is 16.0. The molecule has 0 aliphatic heterocycles. The molecule has 10 heteroatoms. The van der Waals surface area contributed by atoms with Gasteiger partial charge in [-0.2, -0.15) is 4.37 Å². The van der Waals surface area contributed by atoms with Crippen LogP contribution in [0.3, 0.4) is 0 Å². The van der Waals surface area contributed by atoms with E-state index in [2.05, 4.69) is 9.69 Å². The molecule has 0 amide bonds. The number of nitrogens with zero attached hydrogens (tertiary/aromatic N) is 1. The fraction of sp³-hybridized carbons (Fsp3) is 0.304. The quantitative estimate of drug-likeness (QED) is 0.399. The maximum Gasteiger partial charge on any atom is 0.346 e. The highest BCUT2D eigenvalue weighted by Crippen LogP contribution is 2.33. The highest BCUT2D eigenvalue weighted by Gasteiger charge is 2.24. The number of halogens is 1. The van der Waals surface area contributed by atoms with E-state index in [9.17, 15) is 9.18 Å². The Morgan fingerprint density at radius 2 is 1.82 bits per heavy atom. The second-order valence-electron chi connectivity index (χ2n) is 6.69. The average Bonchev–Trinajstić information content (AvgIpc) is 3.25. The van der Waals surface area contributed by atoms with Crippen LogP contribution in [0.4, 0.5) is 9.39 Å². The van der Waals surface area contributed by atoms with Crippen molar-refractivity contribution in [2.24, 2.45) is 0 Å². The van der Waals surface area contributed by atoms with Crippen LogP contribution in [-0.4, -0.2) is 38.3 Å². The molecule has 1 aromatic heterocycles. The maximum absolute atomic E-state index is 14.2. The lowest BCUT2D eigenvalue weighted by Gasteiger charge is -2.12. The lowest BCUT2D eigenvalue weighted by molar-refractivity contribution is 0.0596. The van der Waals surface area contributed by atoms with Gasteiger partial charge in [0.25, 0.3) is 0 Å². The van der Waals surface area contributed by atoms with Crippen LogP contribution in [0.25, 0.3) is 0 Å². The van der Waals surface area contributed by atoms with E-state index in [1.165, 1.54) is 13.2 Å². The second-order valence-corrected chi connectivity index (χ2v) is 7.46. The fourth-order valence-corrected chi connectivity index (χ4v) is 3.73. The molecule has 0 atom stereocenters. The lowest BCUT2D eigenvalue weighted by Crippen LogP contribution is -2.09. The molecule has 33 heavy (non-hydrogen) atoms. The molecule has 0 bridgehead atoms. The zero-order chi connectivity index (χ0) is 23.8. The highest BCUT2D eigenvalue weighted by molar-refractivity contribution is 7.10. The summed E-state index contributed by atoms with van der Waals surface area (Å²) in [6.07, 6.45) is 0. The van der Waals surface area contributed by atoms with E-state index in [4.69, 9.17) is 23.7 Å².